The van der Waals surface area contributed by atoms with Crippen molar-refractivity contribution in [2.45, 2.75) is 52.5 Å². The highest BCUT2D eigenvalue weighted by Crippen LogP contribution is 2.15. The molecule has 116 valence electrons. The van der Waals surface area contributed by atoms with Crippen molar-refractivity contribution in [3.05, 3.63) is 34.9 Å². The maximum atomic E-state index is 12.8. The number of amides is 1. The Labute approximate surface area is 128 Å². The molecule has 1 aromatic carbocycles. The monoisotopic (exact) mass is 288 g/mol. The molecule has 1 amide bonds. The van der Waals surface area contributed by atoms with Crippen molar-refractivity contribution in [3.8, 4) is 0 Å². The van der Waals surface area contributed by atoms with Crippen LogP contribution in [0, 0.1) is 13.8 Å². The molecule has 1 atom stereocenters. The Bertz CT molecular complexity index is 478. The molecule has 21 heavy (non-hydrogen) atoms. The van der Waals surface area contributed by atoms with Gasteiger partial charge in [0, 0.05) is 24.7 Å². The number of benzene rings is 1. The summed E-state index contributed by atoms with van der Waals surface area (Å²) in [6, 6.07) is 6.56. The van der Waals surface area contributed by atoms with E-state index in [0.717, 1.165) is 37.2 Å². The molecule has 0 bridgehead atoms. The van der Waals surface area contributed by atoms with Gasteiger partial charge in [-0.2, -0.15) is 0 Å². The van der Waals surface area contributed by atoms with Gasteiger partial charge in [0.25, 0.3) is 5.91 Å². The van der Waals surface area contributed by atoms with Crippen LogP contribution in [0.15, 0.2) is 18.2 Å². The van der Waals surface area contributed by atoms with Gasteiger partial charge in [-0.15, -0.1) is 0 Å². The van der Waals surface area contributed by atoms with Gasteiger partial charge in [0.15, 0.2) is 0 Å². The van der Waals surface area contributed by atoms with Crippen LogP contribution >= 0.6 is 0 Å². The maximum absolute atomic E-state index is 12.8. The third-order valence-electron chi connectivity index (χ3n) is 4.25. The first-order valence-corrected chi connectivity index (χ1v) is 8.21. The van der Waals surface area contributed by atoms with E-state index in [1.165, 1.54) is 24.8 Å². The zero-order valence-corrected chi connectivity index (χ0v) is 13.6. The summed E-state index contributed by atoms with van der Waals surface area (Å²) in [5.41, 5.74) is 3.14. The van der Waals surface area contributed by atoms with Gasteiger partial charge in [0.2, 0.25) is 0 Å². The average Bonchev–Trinajstić information content (AvgIpc) is 2.47. The second kappa shape index (κ2) is 7.60. The molecule has 0 saturated carbocycles. The normalized spacial score (nSPS) is 18.5. The number of rotatable bonds is 5. The standard InChI is InChI=1S/C18H28N2O/c1-4-11-20(13-16-7-5-6-10-19-16)18(21)17-9-8-14(2)12-15(17)3/h8-9,12,16,19H,4-7,10-11,13H2,1-3H3. The highest BCUT2D eigenvalue weighted by Gasteiger charge is 2.22. The molecule has 0 aliphatic carbocycles. The lowest BCUT2D eigenvalue weighted by atomic mass is 10.0. The summed E-state index contributed by atoms with van der Waals surface area (Å²) in [7, 11) is 0. The molecule has 1 aliphatic heterocycles. The van der Waals surface area contributed by atoms with Gasteiger partial charge < -0.3 is 10.2 Å². The first kappa shape index (κ1) is 16.0. The molecule has 1 aliphatic rings. The number of nitrogens with zero attached hydrogens (tertiary/aromatic N) is 1. The molecule has 1 heterocycles. The van der Waals surface area contributed by atoms with Crippen LogP contribution in [-0.2, 0) is 0 Å². The summed E-state index contributed by atoms with van der Waals surface area (Å²) in [4.78, 5) is 14.9. The van der Waals surface area contributed by atoms with E-state index in [4.69, 9.17) is 0 Å². The van der Waals surface area contributed by atoms with Crippen LogP contribution in [0.4, 0.5) is 0 Å². The Morgan fingerprint density at radius 3 is 2.76 bits per heavy atom. The summed E-state index contributed by atoms with van der Waals surface area (Å²) >= 11 is 0. The van der Waals surface area contributed by atoms with E-state index in [9.17, 15) is 4.79 Å². The lowest BCUT2D eigenvalue weighted by Crippen LogP contribution is -2.46. The molecule has 1 N–H and O–H groups in total. The lowest BCUT2D eigenvalue weighted by Gasteiger charge is -2.31. The highest BCUT2D eigenvalue weighted by atomic mass is 16.2. The summed E-state index contributed by atoms with van der Waals surface area (Å²) in [6.45, 7) is 8.99. The molecule has 3 nitrogen and oxygen atoms in total. The molecule has 1 unspecified atom stereocenters. The van der Waals surface area contributed by atoms with Crippen LogP contribution in [0.3, 0.4) is 0 Å². The zero-order valence-electron chi connectivity index (χ0n) is 13.6. The number of aryl methyl sites for hydroxylation is 2. The van der Waals surface area contributed by atoms with Crippen molar-refractivity contribution in [2.24, 2.45) is 0 Å². The van der Waals surface area contributed by atoms with Gasteiger partial charge in [-0.1, -0.05) is 31.0 Å². The van der Waals surface area contributed by atoms with E-state index in [2.05, 4.69) is 25.2 Å². The third kappa shape index (κ3) is 4.31. The van der Waals surface area contributed by atoms with Crippen molar-refractivity contribution in [3.63, 3.8) is 0 Å². The fourth-order valence-electron chi connectivity index (χ4n) is 3.12. The van der Waals surface area contributed by atoms with Gasteiger partial charge in [0.1, 0.15) is 0 Å². The van der Waals surface area contributed by atoms with Crippen LogP contribution in [0.25, 0.3) is 0 Å². The van der Waals surface area contributed by atoms with Gasteiger partial charge >= 0.3 is 0 Å². The molecule has 1 fully saturated rings. The Morgan fingerprint density at radius 2 is 2.14 bits per heavy atom. The summed E-state index contributed by atoms with van der Waals surface area (Å²) in [5.74, 6) is 0.182. The van der Waals surface area contributed by atoms with Gasteiger partial charge in [-0.3, -0.25) is 4.79 Å². The molecule has 1 saturated heterocycles. The Hall–Kier alpha value is -1.35. The minimum Gasteiger partial charge on any atom is -0.337 e. The predicted octanol–water partition coefficient (Wildman–Crippen LogP) is 3.30. The SMILES string of the molecule is CCCN(CC1CCCCN1)C(=O)c1ccc(C)cc1C. The number of carbonyl (C=O) groups excluding carboxylic acids is 1. The summed E-state index contributed by atoms with van der Waals surface area (Å²) in [5, 5.41) is 3.54. The first-order chi connectivity index (χ1) is 10.1. The fourth-order valence-corrected chi connectivity index (χ4v) is 3.12. The molecule has 0 spiro atoms. The first-order valence-electron chi connectivity index (χ1n) is 8.21. The smallest absolute Gasteiger partial charge is 0.254 e. The van der Waals surface area contributed by atoms with Crippen molar-refractivity contribution in [2.75, 3.05) is 19.6 Å². The van der Waals surface area contributed by atoms with E-state index >= 15 is 0 Å². The van der Waals surface area contributed by atoms with E-state index in [0.29, 0.717) is 6.04 Å². The number of piperidine rings is 1. The Balaban J connectivity index is 2.10. The molecule has 3 heteroatoms. The molecule has 1 aromatic rings. The highest BCUT2D eigenvalue weighted by molar-refractivity contribution is 5.95. The van der Waals surface area contributed by atoms with Crippen molar-refractivity contribution in [1.29, 1.82) is 0 Å². The van der Waals surface area contributed by atoms with Crippen molar-refractivity contribution < 1.29 is 4.79 Å². The van der Waals surface area contributed by atoms with Crippen LogP contribution in [0.5, 0.6) is 0 Å². The number of hydrogen-bond donors (Lipinski definition) is 1. The summed E-state index contributed by atoms with van der Waals surface area (Å²) < 4.78 is 0. The van der Waals surface area contributed by atoms with Gasteiger partial charge in [-0.05, 0) is 51.3 Å². The number of hydrogen-bond acceptors (Lipinski definition) is 2. The van der Waals surface area contributed by atoms with Crippen LogP contribution in [0.2, 0.25) is 0 Å². The van der Waals surface area contributed by atoms with E-state index < -0.39 is 0 Å². The molecule has 2 rings (SSSR count). The molecular formula is C18H28N2O. The largest absolute Gasteiger partial charge is 0.337 e. The topological polar surface area (TPSA) is 32.3 Å². The minimum atomic E-state index is 0.182. The number of nitrogens with one attached hydrogen (secondary N) is 1. The Morgan fingerprint density at radius 1 is 1.33 bits per heavy atom. The predicted molar refractivity (Wildman–Crippen MR) is 87.8 cm³/mol. The van der Waals surface area contributed by atoms with Crippen LogP contribution < -0.4 is 5.32 Å². The number of carbonyl (C=O) groups is 1. The second-order valence-electron chi connectivity index (χ2n) is 6.22. The van der Waals surface area contributed by atoms with E-state index in [1.807, 2.05) is 24.0 Å². The Kier molecular flexibility index (Phi) is 5.80. The van der Waals surface area contributed by atoms with Gasteiger partial charge in [0.05, 0.1) is 0 Å². The quantitative estimate of drug-likeness (QED) is 0.901. The van der Waals surface area contributed by atoms with E-state index in [-0.39, 0.29) is 5.91 Å². The maximum Gasteiger partial charge on any atom is 0.254 e. The van der Waals surface area contributed by atoms with E-state index in [1.54, 1.807) is 0 Å². The molecule has 0 radical (unpaired) electrons. The van der Waals surface area contributed by atoms with Crippen LogP contribution in [-0.4, -0.2) is 36.5 Å². The minimum absolute atomic E-state index is 0.182. The fraction of sp³-hybridized carbons (Fsp3) is 0.611. The zero-order chi connectivity index (χ0) is 15.2. The van der Waals surface area contributed by atoms with Gasteiger partial charge in [-0.25, -0.2) is 0 Å². The molecule has 0 aromatic heterocycles. The summed E-state index contributed by atoms with van der Waals surface area (Å²) in [6.07, 6.45) is 4.72. The molecular weight excluding hydrogens is 260 g/mol. The third-order valence-corrected chi connectivity index (χ3v) is 4.25. The second-order valence-corrected chi connectivity index (χ2v) is 6.22. The van der Waals surface area contributed by atoms with Crippen molar-refractivity contribution in [1.82, 2.24) is 10.2 Å². The van der Waals surface area contributed by atoms with Crippen LogP contribution in [0.1, 0.15) is 54.1 Å². The van der Waals surface area contributed by atoms with Crippen molar-refractivity contribution >= 4 is 5.91 Å². The lowest BCUT2D eigenvalue weighted by molar-refractivity contribution is 0.0731. The average molecular weight is 288 g/mol.